The standard InChI is InChI=1S/C23H25FN6O.ClH/c1-15(16-2-6-18(24)7-3-16)27-20-10-19(30-13-23(31,14-30)17-4-5-17)11-21(28-20)29-22-12-25-8-9-26-22;/h2-3,6-12,15,17,31H,4-5,13-14H2,1H3,(H2,26,27,28,29);1H. The second kappa shape index (κ2) is 8.88. The van der Waals surface area contributed by atoms with Crippen LogP contribution in [0.5, 0.6) is 0 Å². The van der Waals surface area contributed by atoms with Crippen LogP contribution in [0.2, 0.25) is 0 Å². The summed E-state index contributed by atoms with van der Waals surface area (Å²) in [6.45, 7) is 3.26. The van der Waals surface area contributed by atoms with Crippen molar-refractivity contribution in [2.75, 3.05) is 28.6 Å². The first-order valence-electron chi connectivity index (χ1n) is 10.5. The Morgan fingerprint density at radius 2 is 1.81 bits per heavy atom. The smallest absolute Gasteiger partial charge is 0.150 e. The number of benzene rings is 1. The third kappa shape index (κ3) is 4.76. The maximum absolute atomic E-state index is 13.3. The molecule has 1 saturated carbocycles. The molecule has 0 amide bonds. The monoisotopic (exact) mass is 456 g/mol. The lowest BCUT2D eigenvalue weighted by molar-refractivity contribution is -0.00930. The average molecular weight is 457 g/mol. The van der Waals surface area contributed by atoms with Crippen LogP contribution in [-0.2, 0) is 0 Å². The van der Waals surface area contributed by atoms with Crippen LogP contribution >= 0.6 is 12.4 Å². The molecular weight excluding hydrogens is 431 g/mol. The SMILES string of the molecule is CC(Nc1cc(N2CC(O)(C3CC3)C2)cc(Nc2cnccn2)n1)c1ccc(F)cc1.Cl. The molecule has 9 heteroatoms. The summed E-state index contributed by atoms with van der Waals surface area (Å²) < 4.78 is 13.3. The van der Waals surface area contributed by atoms with E-state index < -0.39 is 5.60 Å². The minimum absolute atomic E-state index is 0. The molecule has 3 N–H and O–H groups in total. The summed E-state index contributed by atoms with van der Waals surface area (Å²) in [6.07, 6.45) is 7.10. The molecule has 1 atom stereocenters. The molecule has 2 fully saturated rings. The molecule has 2 aromatic heterocycles. The summed E-state index contributed by atoms with van der Waals surface area (Å²) in [5, 5.41) is 17.3. The molecule has 1 aromatic carbocycles. The van der Waals surface area contributed by atoms with E-state index in [-0.39, 0.29) is 24.3 Å². The fourth-order valence-corrected chi connectivity index (χ4v) is 4.06. The highest BCUT2D eigenvalue weighted by Gasteiger charge is 2.52. The highest BCUT2D eigenvalue weighted by Crippen LogP contribution is 2.46. The summed E-state index contributed by atoms with van der Waals surface area (Å²) in [4.78, 5) is 15.2. The zero-order chi connectivity index (χ0) is 21.4. The van der Waals surface area contributed by atoms with Crippen molar-refractivity contribution in [1.82, 2.24) is 15.0 Å². The van der Waals surface area contributed by atoms with Gasteiger partial charge in [-0.3, -0.25) is 4.98 Å². The van der Waals surface area contributed by atoms with Crippen molar-refractivity contribution < 1.29 is 9.50 Å². The lowest BCUT2D eigenvalue weighted by atomic mass is 9.88. The Morgan fingerprint density at radius 1 is 1.09 bits per heavy atom. The molecule has 32 heavy (non-hydrogen) atoms. The second-order valence-electron chi connectivity index (χ2n) is 8.46. The van der Waals surface area contributed by atoms with Crippen molar-refractivity contribution in [2.24, 2.45) is 5.92 Å². The van der Waals surface area contributed by atoms with Gasteiger partial charge >= 0.3 is 0 Å². The molecule has 3 aromatic rings. The van der Waals surface area contributed by atoms with E-state index in [1.54, 1.807) is 30.7 Å². The molecule has 0 radical (unpaired) electrons. The molecule has 1 aliphatic carbocycles. The number of halogens is 2. The topological polar surface area (TPSA) is 86.2 Å². The fourth-order valence-electron chi connectivity index (χ4n) is 4.06. The molecule has 1 saturated heterocycles. The summed E-state index contributed by atoms with van der Waals surface area (Å²) in [5.41, 5.74) is 1.36. The van der Waals surface area contributed by atoms with Crippen LogP contribution < -0.4 is 15.5 Å². The lowest BCUT2D eigenvalue weighted by Crippen LogP contribution is -2.63. The van der Waals surface area contributed by atoms with Crippen molar-refractivity contribution in [1.29, 1.82) is 0 Å². The Balaban J connectivity index is 0.00000245. The van der Waals surface area contributed by atoms with E-state index in [4.69, 9.17) is 0 Å². The summed E-state index contributed by atoms with van der Waals surface area (Å²) in [6, 6.07) is 10.3. The fraction of sp³-hybridized carbons (Fsp3) is 0.348. The number of rotatable bonds is 7. The van der Waals surface area contributed by atoms with Gasteiger partial charge in [-0.2, -0.15) is 0 Å². The van der Waals surface area contributed by atoms with Crippen molar-refractivity contribution in [3.63, 3.8) is 0 Å². The van der Waals surface area contributed by atoms with Gasteiger partial charge in [-0.15, -0.1) is 12.4 Å². The van der Waals surface area contributed by atoms with E-state index >= 15 is 0 Å². The number of β-amino-alcohol motifs (C(OH)–C–C–N with tert-alkyl or cyclic N) is 1. The van der Waals surface area contributed by atoms with E-state index in [1.807, 2.05) is 19.1 Å². The number of aliphatic hydroxyl groups is 1. The normalized spacial score (nSPS) is 17.7. The molecule has 1 aliphatic heterocycles. The van der Waals surface area contributed by atoms with Crippen molar-refractivity contribution in [3.05, 3.63) is 66.4 Å². The van der Waals surface area contributed by atoms with Gasteiger partial charge in [0.15, 0.2) is 0 Å². The van der Waals surface area contributed by atoms with Crippen LogP contribution in [0.3, 0.4) is 0 Å². The molecule has 168 valence electrons. The number of hydrogen-bond donors (Lipinski definition) is 3. The molecule has 3 heterocycles. The summed E-state index contributed by atoms with van der Waals surface area (Å²) >= 11 is 0. The zero-order valence-electron chi connectivity index (χ0n) is 17.7. The van der Waals surface area contributed by atoms with Crippen LogP contribution in [0.4, 0.5) is 27.5 Å². The third-order valence-electron chi connectivity index (χ3n) is 6.00. The molecule has 2 aliphatic rings. The Bertz CT molecular complexity index is 1060. The Morgan fingerprint density at radius 3 is 2.47 bits per heavy atom. The predicted molar refractivity (Wildman–Crippen MR) is 125 cm³/mol. The number of nitrogens with one attached hydrogen (secondary N) is 2. The highest BCUT2D eigenvalue weighted by molar-refractivity contribution is 5.85. The average Bonchev–Trinajstić information content (AvgIpc) is 3.58. The van der Waals surface area contributed by atoms with Gasteiger partial charge in [0.05, 0.1) is 6.20 Å². The van der Waals surface area contributed by atoms with Gasteiger partial charge in [-0.05, 0) is 43.4 Å². The van der Waals surface area contributed by atoms with Crippen LogP contribution in [0.1, 0.15) is 31.4 Å². The van der Waals surface area contributed by atoms with Gasteiger partial charge < -0.3 is 20.6 Å². The Hall–Kier alpha value is -2.97. The van der Waals surface area contributed by atoms with E-state index in [0.717, 1.165) is 24.1 Å². The van der Waals surface area contributed by atoms with Gasteiger partial charge in [0.25, 0.3) is 0 Å². The molecule has 5 rings (SSSR count). The largest absolute Gasteiger partial charge is 0.386 e. The first kappa shape index (κ1) is 22.2. The first-order chi connectivity index (χ1) is 15.0. The summed E-state index contributed by atoms with van der Waals surface area (Å²) in [7, 11) is 0. The molecule has 0 bridgehead atoms. The van der Waals surface area contributed by atoms with Crippen LogP contribution in [0, 0.1) is 11.7 Å². The van der Waals surface area contributed by atoms with Crippen molar-refractivity contribution >= 4 is 35.5 Å². The molecule has 0 spiro atoms. The Labute approximate surface area is 192 Å². The van der Waals surface area contributed by atoms with Gasteiger partial charge in [0.1, 0.15) is 28.9 Å². The first-order valence-corrected chi connectivity index (χ1v) is 10.5. The second-order valence-corrected chi connectivity index (χ2v) is 8.46. The highest BCUT2D eigenvalue weighted by atomic mass is 35.5. The number of nitrogens with zero attached hydrogens (tertiary/aromatic N) is 4. The van der Waals surface area contributed by atoms with Crippen molar-refractivity contribution in [2.45, 2.75) is 31.4 Å². The van der Waals surface area contributed by atoms with Gasteiger partial charge in [-0.1, -0.05) is 12.1 Å². The number of aromatic nitrogens is 3. The quantitative estimate of drug-likeness (QED) is 0.488. The minimum Gasteiger partial charge on any atom is -0.386 e. The van der Waals surface area contributed by atoms with Gasteiger partial charge in [0.2, 0.25) is 0 Å². The van der Waals surface area contributed by atoms with Crippen molar-refractivity contribution in [3.8, 4) is 0 Å². The van der Waals surface area contributed by atoms with Gasteiger partial charge in [0, 0.05) is 49.3 Å². The summed E-state index contributed by atoms with van der Waals surface area (Å²) in [5.74, 6) is 2.09. The number of hydrogen-bond acceptors (Lipinski definition) is 7. The lowest BCUT2D eigenvalue weighted by Gasteiger charge is -2.48. The van der Waals surface area contributed by atoms with E-state index in [2.05, 4.69) is 30.5 Å². The number of anilines is 4. The van der Waals surface area contributed by atoms with E-state index in [9.17, 15) is 9.50 Å². The molecule has 1 unspecified atom stereocenters. The van der Waals surface area contributed by atoms with Crippen LogP contribution in [-0.4, -0.2) is 38.7 Å². The molecule has 7 nitrogen and oxygen atoms in total. The van der Waals surface area contributed by atoms with Crippen LogP contribution in [0.15, 0.2) is 55.0 Å². The maximum atomic E-state index is 13.3. The van der Waals surface area contributed by atoms with E-state index in [0.29, 0.717) is 36.5 Å². The zero-order valence-corrected chi connectivity index (χ0v) is 18.5. The maximum Gasteiger partial charge on any atom is 0.150 e. The van der Waals surface area contributed by atoms with Gasteiger partial charge in [-0.25, -0.2) is 14.4 Å². The van der Waals surface area contributed by atoms with E-state index in [1.165, 1.54) is 12.1 Å². The predicted octanol–water partition coefficient (Wildman–Crippen LogP) is 4.31. The third-order valence-corrected chi connectivity index (χ3v) is 6.00. The molecular formula is C23H26ClFN6O. The minimum atomic E-state index is -0.573. The van der Waals surface area contributed by atoms with Crippen LogP contribution in [0.25, 0.3) is 0 Å². The Kier molecular flexibility index (Phi) is 6.17. The number of pyridine rings is 1.